The Morgan fingerprint density at radius 2 is 1.93 bits per heavy atom. The van der Waals surface area contributed by atoms with Gasteiger partial charge in [-0.15, -0.1) is 5.10 Å². The van der Waals surface area contributed by atoms with E-state index in [1.54, 1.807) is 18.2 Å². The molecule has 1 N–H and O–H groups in total. The molecule has 8 heteroatoms. The van der Waals surface area contributed by atoms with Crippen molar-refractivity contribution in [1.29, 1.82) is 0 Å². The topological polar surface area (TPSA) is 75.9 Å². The zero-order chi connectivity index (χ0) is 19.3. The fourth-order valence-corrected chi connectivity index (χ4v) is 3.65. The standard InChI is InChI=1S/C20H21ClN6O/c21-19-7-6-17(27-14-22-24-25-27)12-18(19)20(28)23-16-8-10-26(11-9-16)13-15-4-2-1-3-5-15/h1-7,12,14,16H,8-11,13H2,(H,23,28). The van der Waals surface area contributed by atoms with E-state index in [9.17, 15) is 4.79 Å². The molecule has 1 aliphatic rings. The van der Waals surface area contributed by atoms with E-state index in [1.807, 2.05) is 6.07 Å². The van der Waals surface area contributed by atoms with Crippen LogP contribution in [0.5, 0.6) is 0 Å². The molecule has 1 aliphatic heterocycles. The maximum atomic E-state index is 12.8. The molecule has 2 heterocycles. The highest BCUT2D eigenvalue weighted by Gasteiger charge is 2.22. The molecule has 0 radical (unpaired) electrons. The molecule has 0 saturated carbocycles. The summed E-state index contributed by atoms with van der Waals surface area (Å²) < 4.78 is 1.50. The fraction of sp³-hybridized carbons (Fsp3) is 0.300. The highest BCUT2D eigenvalue weighted by Crippen LogP contribution is 2.21. The molecule has 144 valence electrons. The largest absolute Gasteiger partial charge is 0.349 e. The van der Waals surface area contributed by atoms with Crippen molar-refractivity contribution < 1.29 is 4.79 Å². The molecule has 0 atom stereocenters. The van der Waals surface area contributed by atoms with E-state index in [0.29, 0.717) is 16.3 Å². The lowest BCUT2D eigenvalue weighted by atomic mass is 10.0. The van der Waals surface area contributed by atoms with Crippen molar-refractivity contribution in [3.05, 3.63) is 71.0 Å². The summed E-state index contributed by atoms with van der Waals surface area (Å²) in [6.45, 7) is 2.86. The third kappa shape index (κ3) is 4.37. The predicted octanol–water partition coefficient (Wildman–Crippen LogP) is 2.71. The fourth-order valence-electron chi connectivity index (χ4n) is 3.45. The van der Waals surface area contributed by atoms with Crippen molar-refractivity contribution in [1.82, 2.24) is 30.4 Å². The molecule has 1 amide bonds. The first-order valence-corrected chi connectivity index (χ1v) is 9.67. The number of hydrogen-bond donors (Lipinski definition) is 1. The van der Waals surface area contributed by atoms with Crippen molar-refractivity contribution in [2.75, 3.05) is 13.1 Å². The van der Waals surface area contributed by atoms with Gasteiger partial charge in [0.2, 0.25) is 0 Å². The number of nitrogens with one attached hydrogen (secondary N) is 1. The van der Waals surface area contributed by atoms with Gasteiger partial charge in [-0.25, -0.2) is 4.68 Å². The second kappa shape index (κ2) is 8.50. The average Bonchev–Trinajstić information content (AvgIpc) is 3.25. The third-order valence-corrected chi connectivity index (χ3v) is 5.31. The molecule has 3 aromatic rings. The summed E-state index contributed by atoms with van der Waals surface area (Å²) in [5.41, 5.74) is 2.44. The highest BCUT2D eigenvalue weighted by atomic mass is 35.5. The lowest BCUT2D eigenvalue weighted by Gasteiger charge is -2.32. The van der Waals surface area contributed by atoms with E-state index in [-0.39, 0.29) is 11.9 Å². The molecule has 2 aromatic carbocycles. The maximum absolute atomic E-state index is 12.8. The summed E-state index contributed by atoms with van der Waals surface area (Å²) in [6, 6.07) is 15.8. The van der Waals surface area contributed by atoms with E-state index < -0.39 is 0 Å². The lowest BCUT2D eigenvalue weighted by Crippen LogP contribution is -2.44. The summed E-state index contributed by atoms with van der Waals surface area (Å²) in [7, 11) is 0. The molecule has 0 spiro atoms. The number of likely N-dealkylation sites (tertiary alicyclic amines) is 1. The van der Waals surface area contributed by atoms with Crippen molar-refractivity contribution in [2.24, 2.45) is 0 Å². The summed E-state index contributed by atoms with van der Waals surface area (Å²) in [6.07, 6.45) is 3.32. The Bertz CT molecular complexity index is 923. The van der Waals surface area contributed by atoms with Gasteiger partial charge in [0, 0.05) is 25.7 Å². The number of aromatic nitrogens is 4. The molecule has 0 bridgehead atoms. The quantitative estimate of drug-likeness (QED) is 0.717. The van der Waals surface area contributed by atoms with E-state index in [1.165, 1.54) is 16.6 Å². The summed E-state index contributed by atoms with van der Waals surface area (Å²) in [4.78, 5) is 15.2. The van der Waals surface area contributed by atoms with Crippen LogP contribution in [0.3, 0.4) is 0 Å². The minimum Gasteiger partial charge on any atom is -0.349 e. The average molecular weight is 397 g/mol. The number of tetrazole rings is 1. The number of piperidine rings is 1. The van der Waals surface area contributed by atoms with Crippen molar-refractivity contribution >= 4 is 17.5 Å². The van der Waals surface area contributed by atoms with Gasteiger partial charge >= 0.3 is 0 Å². The Labute approximate surface area is 168 Å². The van der Waals surface area contributed by atoms with Crippen molar-refractivity contribution in [3.63, 3.8) is 0 Å². The SMILES string of the molecule is O=C(NC1CCN(Cc2ccccc2)CC1)c1cc(-n2cnnn2)ccc1Cl. The second-order valence-electron chi connectivity index (χ2n) is 6.93. The molecular formula is C20H21ClN6O. The predicted molar refractivity (Wildman–Crippen MR) is 106 cm³/mol. The Morgan fingerprint density at radius 3 is 2.64 bits per heavy atom. The zero-order valence-electron chi connectivity index (χ0n) is 15.3. The first kappa shape index (κ1) is 18.6. The molecule has 28 heavy (non-hydrogen) atoms. The molecule has 0 unspecified atom stereocenters. The summed E-state index contributed by atoms with van der Waals surface area (Å²) in [5.74, 6) is -0.165. The molecular weight excluding hydrogens is 376 g/mol. The van der Waals surface area contributed by atoms with Crippen LogP contribution >= 0.6 is 11.6 Å². The number of nitrogens with zero attached hydrogens (tertiary/aromatic N) is 5. The van der Waals surface area contributed by atoms with Gasteiger partial charge < -0.3 is 5.32 Å². The first-order valence-electron chi connectivity index (χ1n) is 9.29. The van der Waals surface area contributed by atoms with Gasteiger partial charge in [0.15, 0.2) is 0 Å². The number of hydrogen-bond acceptors (Lipinski definition) is 5. The number of amides is 1. The number of rotatable bonds is 5. The monoisotopic (exact) mass is 396 g/mol. The van der Waals surface area contributed by atoms with Gasteiger partial charge in [-0.05, 0) is 47.0 Å². The minimum absolute atomic E-state index is 0.146. The zero-order valence-corrected chi connectivity index (χ0v) is 16.1. The van der Waals surface area contributed by atoms with Gasteiger partial charge in [0.1, 0.15) is 6.33 Å². The van der Waals surface area contributed by atoms with E-state index in [0.717, 1.165) is 32.5 Å². The molecule has 4 rings (SSSR count). The van der Waals surface area contributed by atoms with Crippen LogP contribution in [0.2, 0.25) is 5.02 Å². The van der Waals surface area contributed by atoms with Crippen molar-refractivity contribution in [2.45, 2.75) is 25.4 Å². The number of halogens is 1. The van der Waals surface area contributed by atoms with Crippen molar-refractivity contribution in [3.8, 4) is 5.69 Å². The molecule has 0 aliphatic carbocycles. The Kier molecular flexibility index (Phi) is 5.64. The Balaban J connectivity index is 1.35. The highest BCUT2D eigenvalue weighted by molar-refractivity contribution is 6.33. The summed E-state index contributed by atoms with van der Waals surface area (Å²) in [5, 5.41) is 14.6. The summed E-state index contributed by atoms with van der Waals surface area (Å²) >= 11 is 6.25. The van der Waals surface area contributed by atoms with E-state index >= 15 is 0 Å². The van der Waals surface area contributed by atoms with Crippen LogP contribution in [-0.2, 0) is 6.54 Å². The van der Waals surface area contributed by atoms with Gasteiger partial charge in [-0.3, -0.25) is 9.69 Å². The van der Waals surface area contributed by atoms with Gasteiger partial charge in [0.05, 0.1) is 16.3 Å². The van der Waals surface area contributed by atoms with Gasteiger partial charge in [0.25, 0.3) is 5.91 Å². The molecule has 7 nitrogen and oxygen atoms in total. The van der Waals surface area contributed by atoms with E-state index in [4.69, 9.17) is 11.6 Å². The molecule has 1 saturated heterocycles. The molecule has 1 aromatic heterocycles. The third-order valence-electron chi connectivity index (χ3n) is 4.98. The van der Waals surface area contributed by atoms with Gasteiger partial charge in [-0.2, -0.15) is 0 Å². The van der Waals surface area contributed by atoms with Crippen LogP contribution in [0.4, 0.5) is 0 Å². The van der Waals surface area contributed by atoms with E-state index in [2.05, 4.69) is 50.0 Å². The van der Waals surface area contributed by atoms with Gasteiger partial charge in [-0.1, -0.05) is 41.9 Å². The lowest BCUT2D eigenvalue weighted by molar-refractivity contribution is 0.0909. The Morgan fingerprint density at radius 1 is 1.14 bits per heavy atom. The number of benzene rings is 2. The normalized spacial score (nSPS) is 15.5. The van der Waals surface area contributed by atoms with Crippen LogP contribution in [0.25, 0.3) is 5.69 Å². The smallest absolute Gasteiger partial charge is 0.253 e. The maximum Gasteiger partial charge on any atom is 0.253 e. The molecule has 1 fully saturated rings. The van der Waals surface area contributed by atoms with Crippen LogP contribution in [0.15, 0.2) is 54.9 Å². The second-order valence-corrected chi connectivity index (χ2v) is 7.34. The number of carbonyl (C=O) groups is 1. The van der Waals surface area contributed by atoms with Crippen LogP contribution < -0.4 is 5.32 Å². The minimum atomic E-state index is -0.165. The first-order chi connectivity index (χ1) is 13.7. The van der Waals surface area contributed by atoms with Crippen LogP contribution in [0, 0.1) is 0 Å². The Hall–Kier alpha value is -2.77. The number of carbonyl (C=O) groups excluding carboxylic acids is 1. The van der Waals surface area contributed by atoms with Crippen LogP contribution in [0.1, 0.15) is 28.8 Å². The van der Waals surface area contributed by atoms with Crippen LogP contribution in [-0.4, -0.2) is 50.1 Å².